The van der Waals surface area contributed by atoms with Crippen LogP contribution in [-0.4, -0.2) is 55.1 Å². The van der Waals surface area contributed by atoms with Gasteiger partial charge in [0.25, 0.3) is 5.56 Å². The molecule has 1 aliphatic rings. The Labute approximate surface area is 161 Å². The highest BCUT2D eigenvalue weighted by Gasteiger charge is 2.32. The second-order valence-corrected chi connectivity index (χ2v) is 8.16. The van der Waals surface area contributed by atoms with Crippen molar-refractivity contribution in [3.05, 3.63) is 28.9 Å². The molecule has 4 rings (SSSR count). The minimum Gasteiger partial charge on any atom is -0.379 e. The van der Waals surface area contributed by atoms with Crippen LogP contribution in [0.2, 0.25) is 0 Å². The Morgan fingerprint density at radius 3 is 2.67 bits per heavy atom. The summed E-state index contributed by atoms with van der Waals surface area (Å²) < 4.78 is 13.5. The quantitative estimate of drug-likeness (QED) is 0.685. The van der Waals surface area contributed by atoms with Gasteiger partial charge in [0.1, 0.15) is 9.53 Å². The lowest BCUT2D eigenvalue weighted by Crippen LogP contribution is -2.39. The number of aromatic nitrogens is 3. The molecule has 0 spiro atoms. The van der Waals surface area contributed by atoms with E-state index in [0.29, 0.717) is 4.70 Å². The molecule has 3 heterocycles. The average molecular weight is 388 g/mol. The van der Waals surface area contributed by atoms with Crippen molar-refractivity contribution >= 4 is 37.5 Å². The minimum absolute atomic E-state index is 0.00317. The predicted octanol–water partition coefficient (Wildman–Crippen LogP) is 2.83. The normalized spacial score (nSPS) is 23.2. The number of methoxy groups -OCH3 is 2. The Morgan fingerprint density at radius 1 is 1.19 bits per heavy atom. The van der Waals surface area contributed by atoms with Crippen LogP contribution in [0.25, 0.3) is 20.4 Å². The molecule has 0 amide bonds. The molecule has 8 heteroatoms. The number of hydrogen-bond acceptors (Lipinski definition) is 7. The maximum atomic E-state index is 13.2. The van der Waals surface area contributed by atoms with Gasteiger partial charge in [-0.2, -0.15) is 0 Å². The molecule has 0 aromatic carbocycles. The Hall–Kier alpha value is -2.03. The van der Waals surface area contributed by atoms with Crippen molar-refractivity contribution in [2.45, 2.75) is 37.5 Å². The summed E-state index contributed by atoms with van der Waals surface area (Å²) in [5.41, 5.74) is 1.77. The van der Waals surface area contributed by atoms with Crippen LogP contribution in [0.1, 0.15) is 25.3 Å². The van der Waals surface area contributed by atoms with E-state index in [0.717, 1.165) is 40.7 Å². The Morgan fingerprint density at radius 2 is 1.96 bits per heavy atom. The van der Waals surface area contributed by atoms with E-state index >= 15 is 0 Å². The van der Waals surface area contributed by atoms with Crippen molar-refractivity contribution in [1.29, 1.82) is 0 Å². The van der Waals surface area contributed by atoms with Gasteiger partial charge in [-0.05, 0) is 25.3 Å². The van der Waals surface area contributed by atoms with E-state index in [1.54, 1.807) is 31.3 Å². The molecule has 1 fully saturated rings. The van der Waals surface area contributed by atoms with Gasteiger partial charge in [0.2, 0.25) is 0 Å². The van der Waals surface area contributed by atoms with Gasteiger partial charge in [-0.3, -0.25) is 9.36 Å². The second-order valence-electron chi connectivity index (χ2n) is 7.16. The third kappa shape index (κ3) is 3.01. The van der Waals surface area contributed by atoms with E-state index in [2.05, 4.69) is 9.97 Å². The number of hydrogen-bond donors (Lipinski definition) is 0. The fraction of sp³-hybridized carbons (Fsp3) is 0.526. The summed E-state index contributed by atoms with van der Waals surface area (Å²) in [7, 11) is 7.38. The fourth-order valence-electron chi connectivity index (χ4n) is 4.03. The maximum absolute atomic E-state index is 13.2. The summed E-state index contributed by atoms with van der Waals surface area (Å²) in [6, 6.07) is 2.02. The highest BCUT2D eigenvalue weighted by molar-refractivity contribution is 7.25. The van der Waals surface area contributed by atoms with Gasteiger partial charge in [0.15, 0.2) is 0 Å². The van der Waals surface area contributed by atoms with Crippen LogP contribution in [0.4, 0.5) is 5.69 Å². The van der Waals surface area contributed by atoms with Crippen LogP contribution < -0.4 is 10.5 Å². The summed E-state index contributed by atoms with van der Waals surface area (Å²) in [6.45, 7) is 0. The van der Waals surface area contributed by atoms with Gasteiger partial charge in [-0.1, -0.05) is 0 Å². The zero-order chi connectivity index (χ0) is 19.1. The van der Waals surface area contributed by atoms with Crippen molar-refractivity contribution < 1.29 is 9.47 Å². The first-order chi connectivity index (χ1) is 13.0. The van der Waals surface area contributed by atoms with Crippen molar-refractivity contribution in [1.82, 2.24) is 14.5 Å². The first-order valence-electron chi connectivity index (χ1n) is 9.06. The number of rotatable bonds is 4. The smallest absolute Gasteiger partial charge is 0.271 e. The molecule has 3 aromatic heterocycles. The molecule has 7 nitrogen and oxygen atoms in total. The summed E-state index contributed by atoms with van der Waals surface area (Å²) >= 11 is 1.42. The molecule has 0 aliphatic heterocycles. The molecule has 144 valence electrons. The largest absolute Gasteiger partial charge is 0.379 e. The number of thiophene rings is 1. The third-order valence-corrected chi connectivity index (χ3v) is 6.54. The standard InChI is InChI=1S/C19H24N4O3S/c1-22(2)12-7-8-20-18-15(12)16-17(27-18)19(24)23(10-21-16)11-5-6-13(25-3)14(9-11)26-4/h7-8,10-11,13-14H,5-6,9H2,1-4H3/t11?,13?,14-/m1/s1. The molecule has 3 atom stereocenters. The summed E-state index contributed by atoms with van der Waals surface area (Å²) in [5.74, 6) is 0. The van der Waals surface area contributed by atoms with Gasteiger partial charge in [-0.25, -0.2) is 9.97 Å². The van der Waals surface area contributed by atoms with Crippen LogP contribution in [-0.2, 0) is 9.47 Å². The van der Waals surface area contributed by atoms with E-state index in [1.165, 1.54) is 11.3 Å². The Bertz CT molecular complexity index is 1030. The Balaban J connectivity index is 1.81. The predicted molar refractivity (Wildman–Crippen MR) is 108 cm³/mol. The lowest BCUT2D eigenvalue weighted by atomic mass is 9.90. The monoisotopic (exact) mass is 388 g/mol. The SMILES string of the molecule is COC1CCC(n2cnc3c(sc4nccc(N(C)C)c43)c2=O)C[C@H]1OC. The lowest BCUT2D eigenvalue weighted by Gasteiger charge is -2.34. The molecule has 3 aromatic rings. The molecule has 1 saturated carbocycles. The number of ether oxygens (including phenoxy) is 2. The van der Waals surface area contributed by atoms with E-state index < -0.39 is 0 Å². The van der Waals surface area contributed by atoms with E-state index in [9.17, 15) is 4.79 Å². The molecular formula is C19H24N4O3S. The number of anilines is 1. The lowest BCUT2D eigenvalue weighted by molar-refractivity contribution is -0.0686. The van der Waals surface area contributed by atoms with Gasteiger partial charge >= 0.3 is 0 Å². The molecule has 0 saturated heterocycles. The zero-order valence-corrected chi connectivity index (χ0v) is 16.8. The van der Waals surface area contributed by atoms with Crippen molar-refractivity contribution in [3.8, 4) is 0 Å². The maximum Gasteiger partial charge on any atom is 0.271 e. The molecule has 0 N–H and O–H groups in total. The second kappa shape index (κ2) is 7.18. The highest BCUT2D eigenvalue weighted by atomic mass is 32.1. The summed E-state index contributed by atoms with van der Waals surface area (Å²) in [5, 5.41) is 0.949. The van der Waals surface area contributed by atoms with Crippen LogP contribution in [0.15, 0.2) is 23.4 Å². The molecule has 0 radical (unpaired) electrons. The number of pyridine rings is 1. The minimum atomic E-state index is -0.0132. The highest BCUT2D eigenvalue weighted by Crippen LogP contribution is 2.36. The Kier molecular flexibility index (Phi) is 4.88. The molecule has 0 bridgehead atoms. The van der Waals surface area contributed by atoms with E-state index in [4.69, 9.17) is 9.47 Å². The third-order valence-electron chi connectivity index (χ3n) is 5.47. The number of fused-ring (bicyclic) bond motifs is 3. The topological polar surface area (TPSA) is 69.5 Å². The summed E-state index contributed by atoms with van der Waals surface area (Å²) in [4.78, 5) is 25.2. The molecule has 1 aliphatic carbocycles. The van der Waals surface area contributed by atoms with Crippen LogP contribution in [0, 0.1) is 0 Å². The van der Waals surface area contributed by atoms with Crippen molar-refractivity contribution in [3.63, 3.8) is 0 Å². The zero-order valence-electron chi connectivity index (χ0n) is 16.0. The van der Waals surface area contributed by atoms with Gasteiger partial charge in [-0.15, -0.1) is 11.3 Å². The molecular weight excluding hydrogens is 364 g/mol. The van der Waals surface area contributed by atoms with E-state index in [-0.39, 0.29) is 23.8 Å². The van der Waals surface area contributed by atoms with Crippen LogP contribution >= 0.6 is 11.3 Å². The fourth-order valence-corrected chi connectivity index (χ4v) is 5.09. The molecule has 2 unspecified atom stereocenters. The molecule has 27 heavy (non-hydrogen) atoms. The van der Waals surface area contributed by atoms with Crippen molar-refractivity contribution in [2.75, 3.05) is 33.2 Å². The van der Waals surface area contributed by atoms with Crippen LogP contribution in [0.3, 0.4) is 0 Å². The first-order valence-corrected chi connectivity index (χ1v) is 9.88. The average Bonchev–Trinajstić information content (AvgIpc) is 3.07. The first kappa shape index (κ1) is 18.3. The van der Waals surface area contributed by atoms with Gasteiger partial charge in [0.05, 0.1) is 35.1 Å². The van der Waals surface area contributed by atoms with E-state index in [1.807, 2.05) is 25.1 Å². The van der Waals surface area contributed by atoms with Gasteiger partial charge in [0, 0.05) is 40.6 Å². The van der Waals surface area contributed by atoms with Crippen molar-refractivity contribution in [2.24, 2.45) is 0 Å². The van der Waals surface area contributed by atoms with Gasteiger partial charge < -0.3 is 14.4 Å². The number of nitrogens with zero attached hydrogens (tertiary/aromatic N) is 4. The van der Waals surface area contributed by atoms with Crippen LogP contribution in [0.5, 0.6) is 0 Å². The summed E-state index contributed by atoms with van der Waals surface area (Å²) in [6.07, 6.45) is 6.01.